The third-order valence-corrected chi connectivity index (χ3v) is 2.72. The molecule has 5 nitrogen and oxygen atoms in total. The summed E-state index contributed by atoms with van der Waals surface area (Å²) < 4.78 is 0. The van der Waals surface area contributed by atoms with E-state index in [0.29, 0.717) is 0 Å². The highest BCUT2D eigenvalue weighted by Gasteiger charge is 2.25. The number of carbonyl (C=O) groups is 1. The molecule has 15 heavy (non-hydrogen) atoms. The van der Waals surface area contributed by atoms with Crippen molar-refractivity contribution < 1.29 is 10.0 Å². The van der Waals surface area contributed by atoms with Crippen LogP contribution in [0.1, 0.15) is 33.1 Å². The van der Waals surface area contributed by atoms with E-state index in [2.05, 4.69) is 10.5 Å². The van der Waals surface area contributed by atoms with Crippen LogP contribution in [0.2, 0.25) is 0 Å². The molecule has 0 aliphatic heterocycles. The molecule has 2 atom stereocenters. The fraction of sp³-hybridized carbons (Fsp3) is 0.800. The van der Waals surface area contributed by atoms with Gasteiger partial charge in [0, 0.05) is 6.04 Å². The highest BCUT2D eigenvalue weighted by atomic mass is 16.4. The summed E-state index contributed by atoms with van der Waals surface area (Å²) in [4.78, 5) is 11.6. The molecule has 1 aliphatic carbocycles. The topological polar surface area (TPSA) is 87.7 Å². The van der Waals surface area contributed by atoms with Crippen LogP contribution in [0.15, 0.2) is 5.16 Å². The Morgan fingerprint density at radius 2 is 2.20 bits per heavy atom. The average Bonchev–Trinajstić information content (AvgIpc) is 2.98. The normalized spacial score (nSPS) is 20.8. The lowest BCUT2D eigenvalue weighted by atomic mass is 10.1. The molecular weight excluding hydrogens is 194 g/mol. The number of carbonyl (C=O) groups excluding carboxylic acids is 1. The smallest absolute Gasteiger partial charge is 0.230 e. The molecule has 2 unspecified atom stereocenters. The lowest BCUT2D eigenvalue weighted by molar-refractivity contribution is -0.123. The zero-order chi connectivity index (χ0) is 11.4. The zero-order valence-electron chi connectivity index (χ0n) is 9.23. The zero-order valence-corrected chi connectivity index (χ0v) is 9.23. The number of hydrogen-bond donors (Lipinski definition) is 3. The first kappa shape index (κ1) is 11.8. The summed E-state index contributed by atoms with van der Waals surface area (Å²) in [7, 11) is 0. The van der Waals surface area contributed by atoms with Crippen molar-refractivity contribution in [3.63, 3.8) is 0 Å². The van der Waals surface area contributed by atoms with Gasteiger partial charge in [0.15, 0.2) is 5.84 Å². The van der Waals surface area contributed by atoms with Gasteiger partial charge in [0.25, 0.3) is 0 Å². The van der Waals surface area contributed by atoms with E-state index in [9.17, 15) is 4.79 Å². The van der Waals surface area contributed by atoms with E-state index in [-0.39, 0.29) is 17.8 Å². The number of oxime groups is 1. The monoisotopic (exact) mass is 213 g/mol. The van der Waals surface area contributed by atoms with Crippen molar-refractivity contribution in [3.05, 3.63) is 0 Å². The van der Waals surface area contributed by atoms with Crippen LogP contribution < -0.4 is 11.1 Å². The summed E-state index contributed by atoms with van der Waals surface area (Å²) >= 11 is 0. The molecular formula is C10H19N3O2. The second kappa shape index (κ2) is 5.00. The Bertz CT molecular complexity index is 261. The maximum Gasteiger partial charge on any atom is 0.230 e. The Morgan fingerprint density at radius 1 is 1.60 bits per heavy atom. The molecule has 1 rings (SSSR count). The number of amidine groups is 1. The summed E-state index contributed by atoms with van der Waals surface area (Å²) in [6, 6.07) is 0.166. The predicted octanol–water partition coefficient (Wildman–Crippen LogP) is 0.674. The van der Waals surface area contributed by atoms with Gasteiger partial charge in [-0.1, -0.05) is 18.0 Å². The molecule has 0 aromatic heterocycles. The standard InChI is InChI=1S/C10H19N3O2/c1-6(5-8-3-4-8)12-10(14)7(2)9(11)13-15/h6-8,15H,3-5H2,1-2H3,(H2,11,13)(H,12,14). The third kappa shape index (κ3) is 3.77. The summed E-state index contributed by atoms with van der Waals surface area (Å²) in [6.45, 7) is 3.60. The third-order valence-electron chi connectivity index (χ3n) is 2.72. The van der Waals surface area contributed by atoms with Crippen LogP contribution in [0.25, 0.3) is 0 Å². The van der Waals surface area contributed by atoms with Gasteiger partial charge in [-0.3, -0.25) is 4.79 Å². The largest absolute Gasteiger partial charge is 0.409 e. The van der Waals surface area contributed by atoms with E-state index in [4.69, 9.17) is 10.9 Å². The fourth-order valence-electron chi connectivity index (χ4n) is 1.50. The molecule has 0 heterocycles. The van der Waals surface area contributed by atoms with Gasteiger partial charge in [-0.2, -0.15) is 0 Å². The maximum absolute atomic E-state index is 11.6. The van der Waals surface area contributed by atoms with E-state index in [1.54, 1.807) is 6.92 Å². The molecule has 1 amide bonds. The lowest BCUT2D eigenvalue weighted by Crippen LogP contribution is -2.41. The van der Waals surface area contributed by atoms with E-state index >= 15 is 0 Å². The lowest BCUT2D eigenvalue weighted by Gasteiger charge is -2.16. The van der Waals surface area contributed by atoms with Crippen LogP contribution in [0.3, 0.4) is 0 Å². The van der Waals surface area contributed by atoms with Crippen molar-refractivity contribution in [2.45, 2.75) is 39.2 Å². The summed E-state index contributed by atoms with van der Waals surface area (Å²) in [5.74, 6) is -0.0271. The second-order valence-corrected chi connectivity index (χ2v) is 4.34. The minimum absolute atomic E-state index is 0.0499. The first-order valence-corrected chi connectivity index (χ1v) is 5.32. The van der Waals surface area contributed by atoms with Crippen molar-refractivity contribution in [3.8, 4) is 0 Å². The number of nitrogens with two attached hydrogens (primary N) is 1. The summed E-state index contributed by atoms with van der Waals surface area (Å²) in [5, 5.41) is 14.1. The molecule has 0 aromatic rings. The Balaban J connectivity index is 2.32. The molecule has 0 saturated heterocycles. The van der Waals surface area contributed by atoms with Crippen LogP contribution in [0.5, 0.6) is 0 Å². The van der Waals surface area contributed by atoms with Gasteiger partial charge in [-0.25, -0.2) is 0 Å². The molecule has 1 fully saturated rings. The molecule has 0 radical (unpaired) electrons. The Hall–Kier alpha value is -1.26. The van der Waals surface area contributed by atoms with Crippen molar-refractivity contribution in [2.75, 3.05) is 0 Å². The summed E-state index contributed by atoms with van der Waals surface area (Å²) in [6.07, 6.45) is 3.57. The van der Waals surface area contributed by atoms with Gasteiger partial charge >= 0.3 is 0 Å². The molecule has 0 aromatic carbocycles. The molecule has 1 aliphatic rings. The highest BCUT2D eigenvalue weighted by molar-refractivity contribution is 6.01. The first-order valence-electron chi connectivity index (χ1n) is 5.32. The molecule has 4 N–H and O–H groups in total. The van der Waals surface area contributed by atoms with E-state index in [1.807, 2.05) is 6.92 Å². The Labute approximate surface area is 89.7 Å². The minimum Gasteiger partial charge on any atom is -0.409 e. The van der Waals surface area contributed by atoms with Crippen molar-refractivity contribution in [2.24, 2.45) is 22.7 Å². The van der Waals surface area contributed by atoms with Gasteiger partial charge in [-0.05, 0) is 26.2 Å². The van der Waals surface area contributed by atoms with Gasteiger partial charge < -0.3 is 16.3 Å². The number of rotatable bonds is 5. The molecule has 5 heteroatoms. The SMILES string of the molecule is CC(CC1CC1)NC(=O)C(C)C(N)=NO. The summed E-state index contributed by atoms with van der Waals surface area (Å²) in [5.41, 5.74) is 5.35. The van der Waals surface area contributed by atoms with Gasteiger partial charge in [0.05, 0.1) is 5.92 Å². The first-order chi connectivity index (χ1) is 7.04. The second-order valence-electron chi connectivity index (χ2n) is 4.34. The Morgan fingerprint density at radius 3 is 2.67 bits per heavy atom. The molecule has 86 valence electrons. The number of nitrogens with zero attached hydrogens (tertiary/aromatic N) is 1. The quantitative estimate of drug-likeness (QED) is 0.271. The van der Waals surface area contributed by atoms with Crippen molar-refractivity contribution >= 4 is 11.7 Å². The van der Waals surface area contributed by atoms with Gasteiger partial charge in [0.2, 0.25) is 5.91 Å². The molecule has 0 bridgehead atoms. The maximum atomic E-state index is 11.6. The number of amides is 1. The van der Waals surface area contributed by atoms with Crippen LogP contribution >= 0.6 is 0 Å². The van der Waals surface area contributed by atoms with Crippen molar-refractivity contribution in [1.82, 2.24) is 5.32 Å². The number of hydrogen-bond acceptors (Lipinski definition) is 3. The van der Waals surface area contributed by atoms with Crippen LogP contribution in [-0.2, 0) is 4.79 Å². The highest BCUT2D eigenvalue weighted by Crippen LogP contribution is 2.33. The minimum atomic E-state index is -0.573. The van der Waals surface area contributed by atoms with E-state index < -0.39 is 5.92 Å². The Kier molecular flexibility index (Phi) is 3.94. The van der Waals surface area contributed by atoms with E-state index in [0.717, 1.165) is 12.3 Å². The molecule has 0 spiro atoms. The van der Waals surface area contributed by atoms with Gasteiger partial charge in [-0.15, -0.1) is 0 Å². The fourth-order valence-corrected chi connectivity index (χ4v) is 1.50. The predicted molar refractivity (Wildman–Crippen MR) is 57.5 cm³/mol. The van der Waals surface area contributed by atoms with Crippen LogP contribution in [0.4, 0.5) is 0 Å². The average molecular weight is 213 g/mol. The number of nitrogens with one attached hydrogen (secondary N) is 1. The van der Waals surface area contributed by atoms with Crippen LogP contribution in [-0.4, -0.2) is 23.0 Å². The van der Waals surface area contributed by atoms with E-state index in [1.165, 1.54) is 12.8 Å². The van der Waals surface area contributed by atoms with Crippen LogP contribution in [0, 0.1) is 11.8 Å². The van der Waals surface area contributed by atoms with Crippen molar-refractivity contribution in [1.29, 1.82) is 0 Å². The molecule has 1 saturated carbocycles. The van der Waals surface area contributed by atoms with Gasteiger partial charge in [0.1, 0.15) is 0 Å².